The Hall–Kier alpha value is -1.59. The van der Waals surface area contributed by atoms with Gasteiger partial charge in [0, 0.05) is 17.3 Å². The lowest BCUT2D eigenvalue weighted by Gasteiger charge is -2.06. The molecule has 104 valence electrons. The topological polar surface area (TPSA) is 67.4 Å². The van der Waals surface area contributed by atoms with Crippen LogP contribution < -0.4 is 10.6 Å². The number of anilines is 1. The SMILES string of the molecule is CCCNC(=O)COCC(=O)Nc1ccc(Cl)cc1. The fourth-order valence-corrected chi connectivity index (χ4v) is 1.41. The molecule has 0 aliphatic carbocycles. The molecule has 6 heteroatoms. The Morgan fingerprint density at radius 2 is 1.79 bits per heavy atom. The average Bonchev–Trinajstić information content (AvgIpc) is 2.39. The summed E-state index contributed by atoms with van der Waals surface area (Å²) in [4.78, 5) is 22.7. The zero-order valence-corrected chi connectivity index (χ0v) is 11.5. The van der Waals surface area contributed by atoms with Crippen molar-refractivity contribution in [3.05, 3.63) is 29.3 Å². The minimum Gasteiger partial charge on any atom is -0.362 e. The van der Waals surface area contributed by atoms with E-state index in [4.69, 9.17) is 16.3 Å². The molecule has 0 bridgehead atoms. The van der Waals surface area contributed by atoms with Gasteiger partial charge >= 0.3 is 0 Å². The van der Waals surface area contributed by atoms with Crippen molar-refractivity contribution in [2.45, 2.75) is 13.3 Å². The third-order valence-corrected chi connectivity index (χ3v) is 2.42. The third-order valence-electron chi connectivity index (χ3n) is 2.17. The van der Waals surface area contributed by atoms with Gasteiger partial charge in [-0.25, -0.2) is 0 Å². The van der Waals surface area contributed by atoms with Gasteiger partial charge in [-0.05, 0) is 30.7 Å². The lowest BCUT2D eigenvalue weighted by atomic mass is 10.3. The zero-order valence-electron chi connectivity index (χ0n) is 10.7. The Bertz CT molecular complexity index is 420. The van der Waals surface area contributed by atoms with Crippen LogP contribution in [0.15, 0.2) is 24.3 Å². The lowest BCUT2D eigenvalue weighted by molar-refractivity contribution is -0.128. The van der Waals surface area contributed by atoms with Gasteiger partial charge in [0.2, 0.25) is 11.8 Å². The Morgan fingerprint density at radius 3 is 2.42 bits per heavy atom. The second-order valence-corrected chi connectivity index (χ2v) is 4.33. The van der Waals surface area contributed by atoms with Crippen LogP contribution in [0.5, 0.6) is 0 Å². The molecule has 2 amide bonds. The maximum absolute atomic E-state index is 11.5. The van der Waals surface area contributed by atoms with E-state index in [1.165, 1.54) is 0 Å². The summed E-state index contributed by atoms with van der Waals surface area (Å²) >= 11 is 5.73. The highest BCUT2D eigenvalue weighted by Gasteiger charge is 2.05. The van der Waals surface area contributed by atoms with Crippen LogP contribution in [0.3, 0.4) is 0 Å². The van der Waals surface area contributed by atoms with Gasteiger partial charge in [0.25, 0.3) is 0 Å². The van der Waals surface area contributed by atoms with E-state index >= 15 is 0 Å². The van der Waals surface area contributed by atoms with Crippen LogP contribution in [0.4, 0.5) is 5.69 Å². The van der Waals surface area contributed by atoms with Gasteiger partial charge < -0.3 is 15.4 Å². The highest BCUT2D eigenvalue weighted by atomic mass is 35.5. The first-order valence-corrected chi connectivity index (χ1v) is 6.39. The summed E-state index contributed by atoms with van der Waals surface area (Å²) < 4.78 is 5.00. The molecule has 1 aromatic rings. The number of halogens is 1. The Kier molecular flexibility index (Phi) is 6.92. The molecule has 0 fully saturated rings. The van der Waals surface area contributed by atoms with Gasteiger partial charge in [0.1, 0.15) is 13.2 Å². The quantitative estimate of drug-likeness (QED) is 0.802. The predicted molar refractivity (Wildman–Crippen MR) is 74.2 cm³/mol. The number of carbonyl (C=O) groups excluding carboxylic acids is 2. The number of benzene rings is 1. The van der Waals surface area contributed by atoms with E-state index in [0.717, 1.165) is 6.42 Å². The second-order valence-electron chi connectivity index (χ2n) is 3.90. The van der Waals surface area contributed by atoms with Crippen molar-refractivity contribution in [3.8, 4) is 0 Å². The van der Waals surface area contributed by atoms with Crippen molar-refractivity contribution in [3.63, 3.8) is 0 Å². The van der Waals surface area contributed by atoms with Crippen molar-refractivity contribution in [1.29, 1.82) is 0 Å². The highest BCUT2D eigenvalue weighted by molar-refractivity contribution is 6.30. The van der Waals surface area contributed by atoms with Crippen LogP contribution in [0.25, 0.3) is 0 Å². The summed E-state index contributed by atoms with van der Waals surface area (Å²) in [5, 5.41) is 5.88. The third kappa shape index (κ3) is 6.79. The summed E-state index contributed by atoms with van der Waals surface area (Å²) in [6.07, 6.45) is 0.864. The summed E-state index contributed by atoms with van der Waals surface area (Å²) in [6, 6.07) is 6.73. The molecule has 0 atom stereocenters. The molecule has 0 aliphatic heterocycles. The number of carbonyl (C=O) groups is 2. The molecule has 0 saturated heterocycles. The summed E-state index contributed by atoms with van der Waals surface area (Å²) in [5.41, 5.74) is 0.633. The minimum absolute atomic E-state index is 0.117. The fourth-order valence-electron chi connectivity index (χ4n) is 1.28. The molecule has 0 unspecified atom stereocenters. The second kappa shape index (κ2) is 8.50. The fraction of sp³-hybridized carbons (Fsp3) is 0.385. The standard InChI is InChI=1S/C13H17ClN2O3/c1-2-7-15-12(17)8-19-9-13(18)16-11-5-3-10(14)4-6-11/h3-6H,2,7-9H2,1H3,(H,15,17)(H,16,18). The molecule has 0 heterocycles. The van der Waals surface area contributed by atoms with E-state index in [-0.39, 0.29) is 25.0 Å². The molecular weight excluding hydrogens is 268 g/mol. The normalized spacial score (nSPS) is 10.0. The number of hydrogen-bond acceptors (Lipinski definition) is 3. The molecule has 0 spiro atoms. The Balaban J connectivity index is 2.21. The first kappa shape index (κ1) is 15.5. The largest absolute Gasteiger partial charge is 0.362 e. The number of hydrogen-bond donors (Lipinski definition) is 2. The van der Waals surface area contributed by atoms with Crippen molar-refractivity contribution in [2.24, 2.45) is 0 Å². The van der Waals surface area contributed by atoms with Crippen LogP contribution in [0, 0.1) is 0 Å². The van der Waals surface area contributed by atoms with E-state index in [0.29, 0.717) is 17.3 Å². The summed E-state index contributed by atoms with van der Waals surface area (Å²) in [6.45, 7) is 2.29. The molecule has 0 radical (unpaired) electrons. The monoisotopic (exact) mass is 284 g/mol. The molecule has 1 rings (SSSR count). The molecule has 2 N–H and O–H groups in total. The minimum atomic E-state index is -0.314. The van der Waals surface area contributed by atoms with Crippen LogP contribution in [0.1, 0.15) is 13.3 Å². The van der Waals surface area contributed by atoms with E-state index in [1.807, 2.05) is 6.92 Å². The number of rotatable bonds is 7. The van der Waals surface area contributed by atoms with Crippen molar-refractivity contribution >= 4 is 29.1 Å². The molecule has 5 nitrogen and oxygen atoms in total. The Labute approximate surface area is 117 Å². The van der Waals surface area contributed by atoms with E-state index in [2.05, 4.69) is 10.6 Å². The van der Waals surface area contributed by atoms with Crippen LogP contribution in [-0.4, -0.2) is 31.6 Å². The average molecular weight is 285 g/mol. The number of amides is 2. The maximum Gasteiger partial charge on any atom is 0.250 e. The number of nitrogens with one attached hydrogen (secondary N) is 2. The smallest absolute Gasteiger partial charge is 0.250 e. The molecular formula is C13H17ClN2O3. The zero-order chi connectivity index (χ0) is 14.1. The molecule has 0 aromatic heterocycles. The molecule has 0 saturated carbocycles. The van der Waals surface area contributed by atoms with Crippen molar-refractivity contribution in [2.75, 3.05) is 25.1 Å². The lowest BCUT2D eigenvalue weighted by Crippen LogP contribution is -2.30. The van der Waals surface area contributed by atoms with Gasteiger partial charge in [0.05, 0.1) is 0 Å². The van der Waals surface area contributed by atoms with Crippen molar-refractivity contribution in [1.82, 2.24) is 5.32 Å². The Morgan fingerprint density at radius 1 is 1.16 bits per heavy atom. The van der Waals surface area contributed by atoms with Gasteiger partial charge in [-0.15, -0.1) is 0 Å². The first-order valence-electron chi connectivity index (χ1n) is 6.01. The van der Waals surface area contributed by atoms with E-state index in [9.17, 15) is 9.59 Å². The van der Waals surface area contributed by atoms with Crippen molar-refractivity contribution < 1.29 is 14.3 Å². The first-order chi connectivity index (χ1) is 9.11. The molecule has 0 aliphatic rings. The molecule has 1 aromatic carbocycles. The van der Waals surface area contributed by atoms with E-state index in [1.54, 1.807) is 24.3 Å². The summed E-state index contributed by atoms with van der Waals surface area (Å²) in [7, 11) is 0. The number of ether oxygens (including phenoxy) is 1. The van der Waals surface area contributed by atoms with Crippen LogP contribution in [0.2, 0.25) is 5.02 Å². The summed E-state index contributed by atoms with van der Waals surface area (Å²) in [5.74, 6) is -0.535. The van der Waals surface area contributed by atoms with Gasteiger partial charge in [-0.3, -0.25) is 9.59 Å². The van der Waals surface area contributed by atoms with Crippen LogP contribution >= 0.6 is 11.6 Å². The highest BCUT2D eigenvalue weighted by Crippen LogP contribution is 2.13. The molecule has 19 heavy (non-hydrogen) atoms. The van der Waals surface area contributed by atoms with Crippen LogP contribution in [-0.2, 0) is 14.3 Å². The van der Waals surface area contributed by atoms with E-state index < -0.39 is 0 Å². The van der Waals surface area contributed by atoms with Gasteiger partial charge in [0.15, 0.2) is 0 Å². The van der Waals surface area contributed by atoms with Gasteiger partial charge in [-0.2, -0.15) is 0 Å². The predicted octanol–water partition coefficient (Wildman–Crippen LogP) is 1.82. The van der Waals surface area contributed by atoms with Gasteiger partial charge in [-0.1, -0.05) is 18.5 Å². The maximum atomic E-state index is 11.5.